The van der Waals surface area contributed by atoms with Gasteiger partial charge in [0.15, 0.2) is 0 Å². The van der Waals surface area contributed by atoms with Gasteiger partial charge in [0.1, 0.15) is 24.7 Å². The Bertz CT molecular complexity index is 2160. The second-order valence-electron chi connectivity index (χ2n) is 12.3. The molecule has 0 aliphatic rings. The molecule has 0 atom stereocenters. The van der Waals surface area contributed by atoms with Crippen molar-refractivity contribution < 1.29 is 48.4 Å². The summed E-state index contributed by atoms with van der Waals surface area (Å²) in [6.45, 7) is 1.70. The lowest BCUT2D eigenvalue weighted by atomic mass is 9.77. The molecule has 57 heavy (non-hydrogen) atoms. The van der Waals surface area contributed by atoms with Gasteiger partial charge in [-0.25, -0.2) is 9.59 Å². The third-order valence-corrected chi connectivity index (χ3v) is 8.98. The minimum atomic E-state index is -1.42. The van der Waals surface area contributed by atoms with E-state index in [1.165, 1.54) is 7.11 Å². The van der Waals surface area contributed by atoms with E-state index in [-0.39, 0.29) is 11.5 Å². The lowest BCUT2D eigenvalue weighted by molar-refractivity contribution is 0.0599. The van der Waals surface area contributed by atoms with Crippen molar-refractivity contribution in [2.24, 2.45) is 0 Å². The molecule has 0 amide bonds. The molecule has 0 bridgehead atoms. The Hall–Kier alpha value is -5.51. The van der Waals surface area contributed by atoms with Crippen LogP contribution in [-0.2, 0) is 40.6 Å². The van der Waals surface area contributed by atoms with E-state index in [0.29, 0.717) is 37.5 Å². The van der Waals surface area contributed by atoms with Crippen molar-refractivity contribution in [3.63, 3.8) is 0 Å². The summed E-state index contributed by atoms with van der Waals surface area (Å²) in [5, 5.41) is 26.9. The third kappa shape index (κ3) is 14.5. The largest absolute Gasteiger partial charge is 0.489 e. The Kier molecular flexibility index (Phi) is 18.3. The second kappa shape index (κ2) is 23.5. The number of carboxylic acids is 1. The van der Waals surface area contributed by atoms with Gasteiger partial charge < -0.3 is 38.8 Å². The summed E-state index contributed by atoms with van der Waals surface area (Å²) in [5.41, 5.74) is 7.21. The minimum absolute atomic E-state index is 0.260. The molecule has 0 fully saturated rings. The van der Waals surface area contributed by atoms with Gasteiger partial charge in [0.05, 0.1) is 31.5 Å². The van der Waals surface area contributed by atoms with Crippen LogP contribution in [-0.4, -0.2) is 55.5 Å². The van der Waals surface area contributed by atoms with Gasteiger partial charge in [-0.1, -0.05) is 84.9 Å². The summed E-state index contributed by atoms with van der Waals surface area (Å²) in [4.78, 5) is 22.4. The first-order chi connectivity index (χ1) is 27.6. The molecule has 0 saturated heterocycles. The fraction of sp³-hybridized carbons (Fsp3) is 0.156. The first kappa shape index (κ1) is 44.2. The lowest BCUT2D eigenvalue weighted by Gasteiger charge is -2.11. The summed E-state index contributed by atoms with van der Waals surface area (Å²) in [5.74, 6) is 0.268. The number of carbonyl (C=O) groups excluding carboxylic acids is 1. The van der Waals surface area contributed by atoms with E-state index < -0.39 is 13.1 Å². The van der Waals surface area contributed by atoms with Crippen molar-refractivity contribution in [1.29, 1.82) is 0 Å². The lowest BCUT2D eigenvalue weighted by Crippen LogP contribution is -2.33. The predicted octanol–water partition coefficient (Wildman–Crippen LogP) is 7.95. The van der Waals surface area contributed by atoms with Crippen LogP contribution in [0.15, 0.2) is 146 Å². The van der Waals surface area contributed by atoms with Crippen molar-refractivity contribution >= 4 is 47.1 Å². The molecule has 0 unspecified atom stereocenters. The average Bonchev–Trinajstić information content (AvgIpc) is 3.24. The smallest absolute Gasteiger partial charge is 0.488 e. The molecule has 6 aromatic rings. The number of rotatable bonds is 14. The molecule has 0 spiro atoms. The highest BCUT2D eigenvalue weighted by Crippen LogP contribution is 2.27. The number of halogens is 1. The molecule has 0 heterocycles. The number of carbonyl (C=O) groups is 2. The number of hydrogen-bond acceptors (Lipinski definition) is 9. The van der Waals surface area contributed by atoms with Crippen molar-refractivity contribution in [1.82, 2.24) is 0 Å². The Morgan fingerprint density at radius 3 is 1.65 bits per heavy atom. The predicted molar refractivity (Wildman–Crippen MR) is 229 cm³/mol. The van der Waals surface area contributed by atoms with E-state index in [2.05, 4.69) is 39.5 Å². The normalized spacial score (nSPS) is 10.2. The molecule has 0 aliphatic heterocycles. The van der Waals surface area contributed by atoms with Crippen molar-refractivity contribution in [3.8, 4) is 22.6 Å². The Balaban J connectivity index is 0.000000204. The summed E-state index contributed by atoms with van der Waals surface area (Å²) in [7, 11) is 3.21. The fourth-order valence-corrected chi connectivity index (χ4v) is 5.81. The van der Waals surface area contributed by atoms with Gasteiger partial charge in [-0.05, 0) is 122 Å². The second-order valence-corrected chi connectivity index (χ2v) is 13.6. The molecular formula is C45H44BIO10. The Labute approximate surface area is 346 Å². The maximum atomic E-state index is 11.4. The average molecular weight is 883 g/mol. The summed E-state index contributed by atoms with van der Waals surface area (Å²) >= 11 is 2.25. The number of esters is 1. The zero-order valence-electron chi connectivity index (χ0n) is 31.8. The maximum absolute atomic E-state index is 11.4. The number of ether oxygens (including phenoxy) is 5. The zero-order valence-corrected chi connectivity index (χ0v) is 34.0. The van der Waals surface area contributed by atoms with Gasteiger partial charge >= 0.3 is 19.1 Å². The molecule has 0 saturated carbocycles. The standard InChI is InChI=1S/C22H20O4.C15H13IO3.C8H11BO3/c1-25-15-19-6-2-3-8-21(19)17-9-11-20(12-10-17)26-14-16-5-4-7-18(13-16)22(23)24;1-18-15(17)12-4-2-3-11(9-12)10-19-14-7-5-13(16)6-8-14;1-12-6-7-4-2-3-5-8(7)9(10)11/h2-13H,14-15H2,1H3,(H,23,24);2-9H,10H2,1H3;2-5,10-11H,6H2,1H3. The molecule has 6 aromatic carbocycles. The fourth-order valence-electron chi connectivity index (χ4n) is 5.45. The number of carboxylic acid groups (broad SMARTS) is 1. The minimum Gasteiger partial charge on any atom is -0.489 e. The van der Waals surface area contributed by atoms with Crippen LogP contribution in [0.25, 0.3) is 11.1 Å². The number of benzene rings is 6. The van der Waals surface area contributed by atoms with E-state index in [4.69, 9.17) is 34.1 Å². The highest BCUT2D eigenvalue weighted by atomic mass is 127. The molecule has 3 N–H and O–H groups in total. The molecule has 0 aromatic heterocycles. The van der Waals surface area contributed by atoms with Crippen LogP contribution in [0.5, 0.6) is 11.5 Å². The zero-order chi connectivity index (χ0) is 41.0. The van der Waals surface area contributed by atoms with Crippen molar-refractivity contribution in [3.05, 3.63) is 183 Å². The molecule has 0 aliphatic carbocycles. The van der Waals surface area contributed by atoms with E-state index in [1.807, 2.05) is 84.9 Å². The monoisotopic (exact) mass is 882 g/mol. The van der Waals surface area contributed by atoms with Crippen LogP contribution in [0, 0.1) is 3.57 Å². The van der Waals surface area contributed by atoms with Gasteiger partial charge in [0, 0.05) is 17.8 Å². The van der Waals surface area contributed by atoms with E-state index >= 15 is 0 Å². The third-order valence-electron chi connectivity index (χ3n) is 8.26. The molecule has 12 heteroatoms. The Morgan fingerprint density at radius 1 is 0.579 bits per heavy atom. The van der Waals surface area contributed by atoms with Gasteiger partial charge in [0.25, 0.3) is 0 Å². The highest BCUT2D eigenvalue weighted by molar-refractivity contribution is 14.1. The van der Waals surface area contributed by atoms with Crippen LogP contribution in [0.2, 0.25) is 0 Å². The van der Waals surface area contributed by atoms with Crippen molar-refractivity contribution in [2.75, 3.05) is 21.3 Å². The SMILES string of the molecule is COC(=O)c1cccc(COc2ccc(I)cc2)c1.COCc1ccccc1-c1ccc(OCc2cccc(C(=O)O)c2)cc1.COCc1ccccc1B(O)O. The van der Waals surface area contributed by atoms with Gasteiger partial charge in [0.2, 0.25) is 0 Å². The highest BCUT2D eigenvalue weighted by Gasteiger charge is 2.14. The number of aromatic carboxylic acids is 1. The topological polar surface area (TPSA) is 141 Å². The van der Waals surface area contributed by atoms with Crippen LogP contribution < -0.4 is 14.9 Å². The quantitative estimate of drug-likeness (QED) is 0.0561. The van der Waals surface area contributed by atoms with E-state index in [1.54, 1.807) is 62.8 Å². The van der Waals surface area contributed by atoms with Gasteiger partial charge in [-0.2, -0.15) is 0 Å². The van der Waals surface area contributed by atoms with Crippen LogP contribution >= 0.6 is 22.6 Å². The summed E-state index contributed by atoms with van der Waals surface area (Å²) in [6, 6.07) is 44.9. The van der Waals surface area contributed by atoms with E-state index in [0.717, 1.165) is 48.4 Å². The Morgan fingerprint density at radius 2 is 1.09 bits per heavy atom. The van der Waals surface area contributed by atoms with Crippen LogP contribution in [0.1, 0.15) is 43.0 Å². The van der Waals surface area contributed by atoms with Gasteiger partial charge in [-0.3, -0.25) is 0 Å². The van der Waals surface area contributed by atoms with Crippen molar-refractivity contribution in [2.45, 2.75) is 26.4 Å². The maximum Gasteiger partial charge on any atom is 0.488 e. The first-order valence-corrected chi connectivity index (χ1v) is 18.8. The number of hydrogen-bond donors (Lipinski definition) is 3. The summed E-state index contributed by atoms with van der Waals surface area (Å²) < 4.78 is 27.4. The first-order valence-electron chi connectivity index (χ1n) is 17.7. The molecule has 294 valence electrons. The van der Waals surface area contributed by atoms with Crippen LogP contribution in [0.4, 0.5) is 0 Å². The molecule has 6 rings (SSSR count). The summed E-state index contributed by atoms with van der Waals surface area (Å²) in [6.07, 6.45) is 0. The molecule has 10 nitrogen and oxygen atoms in total. The molecule has 0 radical (unpaired) electrons. The number of methoxy groups -OCH3 is 3. The molecular weight excluding hydrogens is 838 g/mol. The van der Waals surface area contributed by atoms with Gasteiger partial charge in [-0.15, -0.1) is 0 Å². The van der Waals surface area contributed by atoms with Crippen LogP contribution in [0.3, 0.4) is 0 Å². The van der Waals surface area contributed by atoms with E-state index in [9.17, 15) is 9.59 Å².